The smallest absolute Gasteiger partial charge is 0.110 e. The molecule has 0 aliphatic heterocycles. The highest BCUT2D eigenvalue weighted by molar-refractivity contribution is 7.10. The first kappa shape index (κ1) is 11.7. The summed E-state index contributed by atoms with van der Waals surface area (Å²) in [5.74, 6) is 0. The predicted molar refractivity (Wildman–Crippen MR) is 68.9 cm³/mol. The van der Waals surface area contributed by atoms with E-state index in [1.807, 2.05) is 18.6 Å². The summed E-state index contributed by atoms with van der Waals surface area (Å²) in [4.78, 5) is 9.85. The molecule has 0 fully saturated rings. The molecular weight excluding hydrogens is 238 g/mol. The van der Waals surface area contributed by atoms with Crippen molar-refractivity contribution >= 4 is 22.7 Å². The number of hydrogen-bond acceptors (Lipinski definition) is 5. The molecular formula is C11H15N3S2. The first-order valence-corrected chi connectivity index (χ1v) is 6.99. The summed E-state index contributed by atoms with van der Waals surface area (Å²) in [5.41, 5.74) is 2.96. The first-order valence-electron chi connectivity index (χ1n) is 5.23. The average molecular weight is 253 g/mol. The van der Waals surface area contributed by atoms with Gasteiger partial charge in [-0.05, 0) is 20.8 Å². The number of rotatable bonds is 4. The van der Waals surface area contributed by atoms with Gasteiger partial charge in [0, 0.05) is 28.2 Å². The average Bonchev–Trinajstić information content (AvgIpc) is 2.87. The molecule has 0 aliphatic carbocycles. The van der Waals surface area contributed by atoms with E-state index in [9.17, 15) is 0 Å². The van der Waals surface area contributed by atoms with Crippen molar-refractivity contribution in [3.8, 4) is 0 Å². The molecule has 2 rings (SSSR count). The predicted octanol–water partition coefficient (Wildman–Crippen LogP) is 3.32. The highest BCUT2D eigenvalue weighted by Gasteiger charge is 2.14. The minimum absolute atomic E-state index is 0.288. The Bertz CT molecular complexity index is 436. The van der Waals surface area contributed by atoms with E-state index in [1.165, 1.54) is 4.88 Å². The second-order valence-electron chi connectivity index (χ2n) is 3.84. The highest BCUT2D eigenvalue weighted by Crippen LogP contribution is 2.23. The number of aryl methyl sites for hydroxylation is 1. The Morgan fingerprint density at radius 2 is 2.06 bits per heavy atom. The lowest BCUT2D eigenvalue weighted by Crippen LogP contribution is -2.21. The molecule has 0 spiro atoms. The minimum Gasteiger partial charge on any atom is -0.301 e. The van der Waals surface area contributed by atoms with Crippen molar-refractivity contribution < 1.29 is 0 Å². The molecule has 0 amide bonds. The maximum absolute atomic E-state index is 4.49. The van der Waals surface area contributed by atoms with Crippen LogP contribution in [-0.4, -0.2) is 9.97 Å². The second kappa shape index (κ2) is 5.03. The third-order valence-corrected chi connectivity index (χ3v) is 4.49. The zero-order chi connectivity index (χ0) is 11.5. The third kappa shape index (κ3) is 2.66. The van der Waals surface area contributed by atoms with Crippen LogP contribution < -0.4 is 5.32 Å². The fraction of sp³-hybridized carbons (Fsp3) is 0.455. The number of nitrogens with one attached hydrogen (secondary N) is 1. The SMILES string of the molecule is Cc1csc(C(C)NC(C)c2cncs2)n1. The van der Waals surface area contributed by atoms with Crippen molar-refractivity contribution in [2.75, 3.05) is 0 Å². The molecule has 1 N–H and O–H groups in total. The maximum Gasteiger partial charge on any atom is 0.110 e. The van der Waals surface area contributed by atoms with Gasteiger partial charge in [-0.25, -0.2) is 4.98 Å². The summed E-state index contributed by atoms with van der Waals surface area (Å²) < 4.78 is 0. The van der Waals surface area contributed by atoms with E-state index in [1.54, 1.807) is 22.7 Å². The van der Waals surface area contributed by atoms with Crippen molar-refractivity contribution in [1.82, 2.24) is 15.3 Å². The van der Waals surface area contributed by atoms with E-state index in [4.69, 9.17) is 0 Å². The van der Waals surface area contributed by atoms with Crippen LogP contribution in [0.3, 0.4) is 0 Å². The van der Waals surface area contributed by atoms with Gasteiger partial charge in [0.15, 0.2) is 0 Å². The van der Waals surface area contributed by atoms with Crippen LogP contribution in [-0.2, 0) is 0 Å². The van der Waals surface area contributed by atoms with Gasteiger partial charge in [0.2, 0.25) is 0 Å². The molecule has 0 radical (unpaired) electrons. The van der Waals surface area contributed by atoms with E-state index in [0.29, 0.717) is 6.04 Å². The number of hydrogen-bond donors (Lipinski definition) is 1. The summed E-state index contributed by atoms with van der Waals surface area (Å²) >= 11 is 3.39. The second-order valence-corrected chi connectivity index (χ2v) is 5.65. The van der Waals surface area contributed by atoms with Crippen LogP contribution in [0.2, 0.25) is 0 Å². The van der Waals surface area contributed by atoms with Crippen molar-refractivity contribution in [2.45, 2.75) is 32.9 Å². The number of nitrogens with zero attached hydrogens (tertiary/aromatic N) is 2. The Labute approximate surface area is 104 Å². The van der Waals surface area contributed by atoms with Crippen LogP contribution >= 0.6 is 22.7 Å². The van der Waals surface area contributed by atoms with Gasteiger partial charge in [-0.2, -0.15) is 0 Å². The van der Waals surface area contributed by atoms with Gasteiger partial charge in [0.25, 0.3) is 0 Å². The van der Waals surface area contributed by atoms with Gasteiger partial charge in [-0.15, -0.1) is 22.7 Å². The first-order chi connectivity index (χ1) is 7.66. The standard InChI is InChI=1S/C11H15N3S2/c1-7-5-15-11(13-7)9(3)14-8(2)10-4-12-6-16-10/h4-6,8-9,14H,1-3H3. The molecule has 0 saturated heterocycles. The number of aromatic nitrogens is 2. The molecule has 2 aromatic rings. The number of thiazole rings is 2. The van der Waals surface area contributed by atoms with E-state index in [0.717, 1.165) is 10.7 Å². The lowest BCUT2D eigenvalue weighted by molar-refractivity contribution is 0.497. The van der Waals surface area contributed by atoms with Crippen LogP contribution in [0.15, 0.2) is 17.1 Å². The normalized spacial score (nSPS) is 14.9. The van der Waals surface area contributed by atoms with Gasteiger partial charge in [-0.1, -0.05) is 0 Å². The molecule has 2 heterocycles. The molecule has 2 unspecified atom stereocenters. The van der Waals surface area contributed by atoms with Crippen molar-refractivity contribution in [3.05, 3.63) is 32.7 Å². The third-order valence-electron chi connectivity index (χ3n) is 2.39. The molecule has 16 heavy (non-hydrogen) atoms. The molecule has 2 aromatic heterocycles. The molecule has 2 atom stereocenters. The van der Waals surface area contributed by atoms with Crippen molar-refractivity contribution in [1.29, 1.82) is 0 Å². The Morgan fingerprint density at radius 1 is 1.25 bits per heavy atom. The summed E-state index contributed by atoms with van der Waals surface area (Å²) in [6.07, 6.45) is 1.92. The van der Waals surface area contributed by atoms with Gasteiger partial charge in [0.1, 0.15) is 5.01 Å². The Balaban J connectivity index is 2.00. The van der Waals surface area contributed by atoms with Gasteiger partial charge in [-0.3, -0.25) is 4.98 Å². The van der Waals surface area contributed by atoms with E-state index in [2.05, 4.69) is 34.5 Å². The Hall–Kier alpha value is -0.780. The van der Waals surface area contributed by atoms with Gasteiger partial charge < -0.3 is 5.32 Å². The van der Waals surface area contributed by atoms with Crippen LogP contribution in [0.4, 0.5) is 0 Å². The molecule has 0 aliphatic rings. The Kier molecular flexibility index (Phi) is 3.68. The largest absolute Gasteiger partial charge is 0.301 e. The van der Waals surface area contributed by atoms with Crippen molar-refractivity contribution in [3.63, 3.8) is 0 Å². The van der Waals surface area contributed by atoms with E-state index >= 15 is 0 Å². The summed E-state index contributed by atoms with van der Waals surface area (Å²) in [6.45, 7) is 6.33. The fourth-order valence-corrected chi connectivity index (χ4v) is 2.99. The van der Waals surface area contributed by atoms with Crippen LogP contribution in [0.1, 0.15) is 41.5 Å². The van der Waals surface area contributed by atoms with E-state index in [-0.39, 0.29) is 6.04 Å². The minimum atomic E-state index is 0.288. The van der Waals surface area contributed by atoms with Crippen molar-refractivity contribution in [2.24, 2.45) is 0 Å². The topological polar surface area (TPSA) is 37.8 Å². The van der Waals surface area contributed by atoms with E-state index < -0.39 is 0 Å². The lowest BCUT2D eigenvalue weighted by atomic mass is 10.2. The molecule has 86 valence electrons. The summed E-state index contributed by atoms with van der Waals surface area (Å²) in [5, 5.41) is 6.77. The molecule has 0 bridgehead atoms. The Morgan fingerprint density at radius 3 is 2.62 bits per heavy atom. The van der Waals surface area contributed by atoms with Gasteiger partial charge in [0.05, 0.1) is 11.6 Å². The molecule has 5 heteroatoms. The fourth-order valence-electron chi connectivity index (χ4n) is 1.54. The van der Waals surface area contributed by atoms with Crippen LogP contribution in [0.25, 0.3) is 0 Å². The van der Waals surface area contributed by atoms with Gasteiger partial charge >= 0.3 is 0 Å². The molecule has 3 nitrogen and oxygen atoms in total. The zero-order valence-electron chi connectivity index (χ0n) is 9.60. The highest BCUT2D eigenvalue weighted by atomic mass is 32.1. The maximum atomic E-state index is 4.49. The van der Waals surface area contributed by atoms with Crippen LogP contribution in [0, 0.1) is 6.92 Å². The molecule has 0 aromatic carbocycles. The summed E-state index contributed by atoms with van der Waals surface area (Å²) in [7, 11) is 0. The quantitative estimate of drug-likeness (QED) is 0.908. The summed E-state index contributed by atoms with van der Waals surface area (Å²) in [6, 6.07) is 0.613. The zero-order valence-corrected chi connectivity index (χ0v) is 11.2. The lowest BCUT2D eigenvalue weighted by Gasteiger charge is -2.16. The monoisotopic (exact) mass is 253 g/mol. The molecule has 0 saturated carbocycles. The van der Waals surface area contributed by atoms with Crippen LogP contribution in [0.5, 0.6) is 0 Å².